The van der Waals surface area contributed by atoms with Crippen molar-refractivity contribution in [3.05, 3.63) is 70.8 Å². The van der Waals surface area contributed by atoms with E-state index >= 15 is 0 Å². The van der Waals surface area contributed by atoms with Crippen molar-refractivity contribution in [1.29, 1.82) is 0 Å². The molecule has 0 amide bonds. The highest BCUT2D eigenvalue weighted by molar-refractivity contribution is 6.30. The molecule has 2 aromatic rings. The molecule has 0 aliphatic heterocycles. The molecule has 0 heterocycles. The van der Waals surface area contributed by atoms with Crippen molar-refractivity contribution in [1.82, 2.24) is 5.32 Å². The number of hydrogen-bond donors (Lipinski definition) is 1. The number of nitrogens with one attached hydrogen (secondary N) is 1. The third-order valence-corrected chi connectivity index (χ3v) is 3.18. The molecular weight excluding hydrogens is 270 g/mol. The first-order chi connectivity index (χ1) is 9.78. The summed E-state index contributed by atoms with van der Waals surface area (Å²) in [5, 5.41) is 4.13. The van der Waals surface area contributed by atoms with Gasteiger partial charge in [-0.05, 0) is 35.4 Å². The zero-order valence-electron chi connectivity index (χ0n) is 11.5. The lowest BCUT2D eigenvalue weighted by Crippen LogP contribution is -2.12. The molecule has 2 nitrogen and oxygen atoms in total. The van der Waals surface area contributed by atoms with Crippen LogP contribution in [0, 0.1) is 0 Å². The lowest BCUT2D eigenvalue weighted by atomic mass is 10.2. The molecule has 0 atom stereocenters. The predicted molar refractivity (Wildman–Crippen MR) is 85.2 cm³/mol. The molecule has 3 heteroatoms. The Morgan fingerprint density at radius 2 is 1.75 bits per heavy atom. The van der Waals surface area contributed by atoms with E-state index in [2.05, 4.69) is 29.6 Å². The number of benzene rings is 2. The predicted octanol–water partition coefficient (Wildman–Crippen LogP) is 4.15. The van der Waals surface area contributed by atoms with E-state index in [-0.39, 0.29) is 0 Å². The van der Waals surface area contributed by atoms with Crippen molar-refractivity contribution < 1.29 is 4.74 Å². The van der Waals surface area contributed by atoms with Crippen molar-refractivity contribution >= 4 is 17.7 Å². The monoisotopic (exact) mass is 287 g/mol. The maximum absolute atomic E-state index is 5.84. The molecule has 1 N–H and O–H groups in total. The summed E-state index contributed by atoms with van der Waals surface area (Å²) in [6.45, 7) is 1.67. The molecule has 0 aliphatic carbocycles. The van der Waals surface area contributed by atoms with Gasteiger partial charge in [-0.1, -0.05) is 48.0 Å². The van der Waals surface area contributed by atoms with Crippen LogP contribution in [-0.2, 0) is 6.54 Å². The second-order valence-electron chi connectivity index (χ2n) is 4.43. The Bertz CT molecular complexity index is 546. The Labute approximate surface area is 125 Å². The number of hydrogen-bond acceptors (Lipinski definition) is 2. The smallest absolute Gasteiger partial charge is 0.118 e. The summed E-state index contributed by atoms with van der Waals surface area (Å²) < 4.78 is 5.13. The number of halogens is 1. The highest BCUT2D eigenvalue weighted by Gasteiger charge is 1.93. The molecule has 104 valence electrons. The van der Waals surface area contributed by atoms with E-state index in [4.69, 9.17) is 16.3 Å². The van der Waals surface area contributed by atoms with Gasteiger partial charge in [-0.3, -0.25) is 0 Å². The molecule has 2 aromatic carbocycles. The van der Waals surface area contributed by atoms with Crippen LogP contribution in [0.2, 0.25) is 5.02 Å². The van der Waals surface area contributed by atoms with Crippen molar-refractivity contribution in [2.75, 3.05) is 13.7 Å². The normalized spacial score (nSPS) is 10.9. The largest absolute Gasteiger partial charge is 0.497 e. The molecule has 2 rings (SSSR count). The highest BCUT2D eigenvalue weighted by atomic mass is 35.5. The van der Waals surface area contributed by atoms with Gasteiger partial charge >= 0.3 is 0 Å². The molecule has 0 spiro atoms. The second kappa shape index (κ2) is 7.73. The molecule has 0 radical (unpaired) electrons. The van der Waals surface area contributed by atoms with Crippen molar-refractivity contribution in [3.8, 4) is 5.75 Å². The van der Waals surface area contributed by atoms with Gasteiger partial charge in [-0.15, -0.1) is 0 Å². The molecule has 0 bridgehead atoms. The second-order valence-corrected chi connectivity index (χ2v) is 4.87. The number of methoxy groups -OCH3 is 1. The summed E-state index contributed by atoms with van der Waals surface area (Å²) in [6.07, 6.45) is 4.18. The van der Waals surface area contributed by atoms with Gasteiger partial charge in [0.1, 0.15) is 5.75 Å². The van der Waals surface area contributed by atoms with Crippen LogP contribution >= 0.6 is 11.6 Å². The van der Waals surface area contributed by atoms with Gasteiger partial charge in [0.25, 0.3) is 0 Å². The Morgan fingerprint density at radius 1 is 1.05 bits per heavy atom. The molecule has 0 fully saturated rings. The fourth-order valence-corrected chi connectivity index (χ4v) is 1.94. The van der Waals surface area contributed by atoms with Crippen molar-refractivity contribution in [3.63, 3.8) is 0 Å². The zero-order chi connectivity index (χ0) is 14.2. The van der Waals surface area contributed by atoms with E-state index in [0.717, 1.165) is 29.4 Å². The van der Waals surface area contributed by atoms with Crippen LogP contribution in [0.4, 0.5) is 0 Å². The van der Waals surface area contributed by atoms with Crippen LogP contribution in [0.15, 0.2) is 54.6 Å². The summed E-state index contributed by atoms with van der Waals surface area (Å²) in [6, 6.07) is 15.9. The summed E-state index contributed by atoms with van der Waals surface area (Å²) in [7, 11) is 1.68. The fraction of sp³-hybridized carbons (Fsp3) is 0.176. The van der Waals surface area contributed by atoms with Gasteiger partial charge in [0.2, 0.25) is 0 Å². The van der Waals surface area contributed by atoms with Crippen LogP contribution in [0.1, 0.15) is 11.1 Å². The summed E-state index contributed by atoms with van der Waals surface area (Å²) in [4.78, 5) is 0. The fourth-order valence-electron chi connectivity index (χ4n) is 1.81. The van der Waals surface area contributed by atoms with Crippen molar-refractivity contribution in [2.24, 2.45) is 0 Å². The number of rotatable bonds is 6. The Balaban J connectivity index is 1.74. The first-order valence-corrected chi connectivity index (χ1v) is 6.91. The molecular formula is C17H18ClNO. The van der Waals surface area contributed by atoms with Gasteiger partial charge in [0.15, 0.2) is 0 Å². The van der Waals surface area contributed by atoms with Gasteiger partial charge in [-0.2, -0.15) is 0 Å². The molecule has 0 aromatic heterocycles. The number of ether oxygens (including phenoxy) is 1. The van der Waals surface area contributed by atoms with Gasteiger partial charge in [0, 0.05) is 18.1 Å². The minimum absolute atomic E-state index is 0.764. The first-order valence-electron chi connectivity index (χ1n) is 6.54. The third-order valence-electron chi connectivity index (χ3n) is 2.93. The minimum Gasteiger partial charge on any atom is -0.497 e. The Kier molecular flexibility index (Phi) is 5.66. The molecule has 0 unspecified atom stereocenters. The van der Waals surface area contributed by atoms with E-state index < -0.39 is 0 Å². The zero-order valence-corrected chi connectivity index (χ0v) is 12.2. The lowest BCUT2D eigenvalue weighted by Gasteiger charge is -2.04. The summed E-state index contributed by atoms with van der Waals surface area (Å²) in [5.41, 5.74) is 2.39. The maximum Gasteiger partial charge on any atom is 0.118 e. The maximum atomic E-state index is 5.84. The summed E-state index contributed by atoms with van der Waals surface area (Å²) >= 11 is 5.84. The van der Waals surface area contributed by atoms with Crippen molar-refractivity contribution in [2.45, 2.75) is 6.54 Å². The van der Waals surface area contributed by atoms with Crippen LogP contribution in [0.25, 0.3) is 6.08 Å². The molecule has 0 saturated carbocycles. The average molecular weight is 288 g/mol. The standard InChI is InChI=1S/C17H18ClNO/c1-20-17-10-6-15(7-11-17)13-19-12-2-3-14-4-8-16(18)9-5-14/h2-11,19H,12-13H2,1H3. The van der Waals surface area contributed by atoms with Crippen LogP contribution in [-0.4, -0.2) is 13.7 Å². The molecule has 20 heavy (non-hydrogen) atoms. The average Bonchev–Trinajstić information content (AvgIpc) is 2.49. The minimum atomic E-state index is 0.764. The Morgan fingerprint density at radius 3 is 2.40 bits per heavy atom. The van der Waals surface area contributed by atoms with E-state index in [1.807, 2.05) is 36.4 Å². The molecule has 0 aliphatic rings. The summed E-state index contributed by atoms with van der Waals surface area (Å²) in [5.74, 6) is 0.886. The van der Waals surface area contributed by atoms with E-state index in [0.29, 0.717) is 0 Å². The van der Waals surface area contributed by atoms with E-state index in [9.17, 15) is 0 Å². The van der Waals surface area contributed by atoms with Gasteiger partial charge in [-0.25, -0.2) is 0 Å². The van der Waals surface area contributed by atoms with Crippen LogP contribution < -0.4 is 10.1 Å². The lowest BCUT2D eigenvalue weighted by molar-refractivity contribution is 0.414. The van der Waals surface area contributed by atoms with Crippen LogP contribution in [0.5, 0.6) is 5.75 Å². The highest BCUT2D eigenvalue weighted by Crippen LogP contribution is 2.11. The molecule has 0 saturated heterocycles. The van der Waals surface area contributed by atoms with Gasteiger partial charge in [0.05, 0.1) is 7.11 Å². The van der Waals surface area contributed by atoms with E-state index in [1.54, 1.807) is 7.11 Å². The third kappa shape index (κ3) is 4.72. The Hall–Kier alpha value is -1.77. The van der Waals surface area contributed by atoms with Gasteiger partial charge < -0.3 is 10.1 Å². The van der Waals surface area contributed by atoms with E-state index in [1.165, 1.54) is 5.56 Å². The first kappa shape index (κ1) is 14.6. The van der Waals surface area contributed by atoms with Crippen LogP contribution in [0.3, 0.4) is 0 Å². The quantitative estimate of drug-likeness (QED) is 0.806. The SMILES string of the molecule is COc1ccc(CNCC=Cc2ccc(Cl)cc2)cc1. The topological polar surface area (TPSA) is 21.3 Å².